The van der Waals surface area contributed by atoms with Gasteiger partial charge < -0.3 is 40.9 Å². The van der Waals surface area contributed by atoms with Crippen LogP contribution in [0.2, 0.25) is 0 Å². The van der Waals surface area contributed by atoms with Crippen molar-refractivity contribution in [3.63, 3.8) is 0 Å². The van der Waals surface area contributed by atoms with Gasteiger partial charge in [-0.2, -0.15) is 0 Å². The Morgan fingerprint density at radius 3 is 1.48 bits per heavy atom. The third kappa shape index (κ3) is 10.4. The topological polar surface area (TPSA) is 183 Å². The minimum absolute atomic E-state index is 0.0224. The molecular weight excluding hydrogens is 873 g/mol. The second-order valence-electron chi connectivity index (χ2n) is 23.6. The summed E-state index contributed by atoms with van der Waals surface area (Å²) in [5, 5.41) is 23.3. The first-order chi connectivity index (χ1) is 32.4. The maximum Gasteiger partial charge on any atom is 0.320 e. The summed E-state index contributed by atoms with van der Waals surface area (Å²) in [5.41, 5.74) is 4.43. The van der Waals surface area contributed by atoms with Crippen LogP contribution in [0.3, 0.4) is 0 Å². The van der Waals surface area contributed by atoms with E-state index >= 15 is 0 Å². The second kappa shape index (κ2) is 19.8. The third-order valence-electron chi connectivity index (χ3n) is 17.7. The Hall–Kier alpha value is -4.73. The number of benzene rings is 2. The van der Waals surface area contributed by atoms with E-state index in [1.807, 2.05) is 15.9 Å². The Balaban J connectivity index is 0.000000206. The maximum atomic E-state index is 13.9. The van der Waals surface area contributed by atoms with Gasteiger partial charge in [0, 0.05) is 43.8 Å². The van der Waals surface area contributed by atoms with E-state index in [-0.39, 0.29) is 54.2 Å². The number of carbonyl (C=O) groups is 5. The largest absolute Gasteiger partial charge is 0.481 e. The van der Waals surface area contributed by atoms with Crippen molar-refractivity contribution in [3.05, 3.63) is 71.8 Å². The highest BCUT2D eigenvalue weighted by atomic mass is 16.4. The number of aliphatic hydroxyl groups is 1. The summed E-state index contributed by atoms with van der Waals surface area (Å²) in [6.07, 6.45) is 13.3. The van der Waals surface area contributed by atoms with Crippen molar-refractivity contribution in [3.8, 4) is 0 Å². The van der Waals surface area contributed by atoms with Crippen molar-refractivity contribution in [2.75, 3.05) is 74.0 Å². The molecule has 6 aliphatic rings. The fourth-order valence-corrected chi connectivity index (χ4v) is 12.6. The highest BCUT2D eigenvalue weighted by Gasteiger charge is 2.58. The summed E-state index contributed by atoms with van der Waals surface area (Å²) >= 11 is 0. The van der Waals surface area contributed by atoms with Crippen LogP contribution in [0.15, 0.2) is 60.7 Å². The van der Waals surface area contributed by atoms with E-state index in [1.165, 1.54) is 30.4 Å². The Morgan fingerprint density at radius 1 is 0.667 bits per heavy atom. The molecule has 2 aromatic carbocycles. The fourth-order valence-electron chi connectivity index (χ4n) is 12.6. The number of primary amides is 1. The van der Waals surface area contributed by atoms with E-state index in [1.54, 1.807) is 32.6 Å². The van der Waals surface area contributed by atoms with Gasteiger partial charge in [0.2, 0.25) is 11.8 Å². The molecular formula is C54H82N8O7. The SMILES string of the molecule is CN(C)C1(c2ccccc2)CCC2(CC1)CN(CC(C)(C)C(=O)NCC(N)=O)C(=O)N2CC1(O)CCC1.CN(C)C1(c2ccccc2)CCC2(CC1)CN(CC(C)(C)C(=O)O)C(=O)N2CC1CCC1. The highest BCUT2D eigenvalue weighted by molar-refractivity contribution is 5.88. The number of nitrogens with zero attached hydrogens (tertiary/aromatic N) is 6. The fraction of sp³-hybridized carbons (Fsp3) is 0.685. The lowest BCUT2D eigenvalue weighted by molar-refractivity contribution is -0.147. The van der Waals surface area contributed by atoms with Crippen molar-refractivity contribution in [1.29, 1.82) is 0 Å². The number of carboxylic acid groups (broad SMARTS) is 1. The summed E-state index contributed by atoms with van der Waals surface area (Å²) in [4.78, 5) is 75.5. The number of urea groups is 2. The quantitative estimate of drug-likeness (QED) is 0.147. The molecule has 15 nitrogen and oxygen atoms in total. The summed E-state index contributed by atoms with van der Waals surface area (Å²) < 4.78 is 0. The van der Waals surface area contributed by atoms with Crippen LogP contribution in [0.5, 0.6) is 0 Å². The van der Waals surface area contributed by atoms with Crippen molar-refractivity contribution in [2.24, 2.45) is 22.5 Å². The Bertz CT molecular complexity index is 2160. The molecule has 69 heavy (non-hydrogen) atoms. The Labute approximate surface area is 411 Å². The standard InChI is InChI=1S/C28H43N5O4.C26H39N3O3/c1-25(2,23(35)30-17-22(29)34)18-32-19-26(33(24(32)36)20-27(37)11-8-12-27)13-15-28(16-14-26,31(3)4)21-9-6-5-7-10-21;1-24(2,22(30)31)18-28-19-25(29(23(28)32)17-20-9-8-10-20)13-15-26(16-14-25,27(3)4)21-11-6-5-7-12-21/h5-7,9-10,37H,8,11-20H2,1-4H3,(H2,29,34)(H,30,35);5-7,11-12,20H,8-10,13-19H2,1-4H3,(H,30,31). The number of hydrogen-bond acceptors (Lipinski definition) is 8. The van der Waals surface area contributed by atoms with E-state index < -0.39 is 33.8 Å². The van der Waals surface area contributed by atoms with E-state index in [2.05, 4.69) is 103 Å². The van der Waals surface area contributed by atoms with Crippen LogP contribution in [-0.4, -0.2) is 160 Å². The number of nitrogens with two attached hydrogens (primary N) is 1. The number of hydrogen-bond donors (Lipinski definition) is 4. The molecule has 0 unspecified atom stereocenters. The lowest BCUT2D eigenvalue weighted by Gasteiger charge is -2.52. The van der Waals surface area contributed by atoms with Gasteiger partial charge in [0.05, 0.1) is 40.6 Å². The summed E-state index contributed by atoms with van der Waals surface area (Å²) in [6.45, 7) is 9.57. The van der Waals surface area contributed by atoms with Gasteiger partial charge in [0.1, 0.15) is 0 Å². The number of amides is 6. The van der Waals surface area contributed by atoms with Gasteiger partial charge >= 0.3 is 18.0 Å². The molecule has 0 radical (unpaired) electrons. The molecule has 6 amide bonds. The molecule has 2 spiro atoms. The monoisotopic (exact) mass is 955 g/mol. The molecule has 0 bridgehead atoms. The van der Waals surface area contributed by atoms with E-state index in [9.17, 15) is 34.2 Å². The molecule has 2 aromatic rings. The zero-order chi connectivity index (χ0) is 50.2. The zero-order valence-electron chi connectivity index (χ0n) is 42.9. The number of carbonyl (C=O) groups excluding carboxylic acids is 4. The lowest BCUT2D eigenvalue weighted by Crippen LogP contribution is -2.59. The van der Waals surface area contributed by atoms with Gasteiger partial charge in [-0.25, -0.2) is 9.59 Å². The first-order valence-electron chi connectivity index (χ1n) is 25.5. The van der Waals surface area contributed by atoms with Gasteiger partial charge in [-0.1, -0.05) is 67.1 Å². The molecule has 0 atom stereocenters. The van der Waals surface area contributed by atoms with Crippen LogP contribution in [0.25, 0.3) is 0 Å². The molecule has 5 N–H and O–H groups in total. The molecule has 0 aromatic heterocycles. The van der Waals surface area contributed by atoms with Crippen LogP contribution in [0, 0.1) is 16.7 Å². The molecule has 4 saturated carbocycles. The summed E-state index contributed by atoms with van der Waals surface area (Å²) in [5.74, 6) is -1.18. The van der Waals surface area contributed by atoms with Crippen molar-refractivity contribution in [1.82, 2.24) is 34.7 Å². The molecule has 380 valence electrons. The van der Waals surface area contributed by atoms with Crippen LogP contribution in [-0.2, 0) is 25.5 Å². The summed E-state index contributed by atoms with van der Waals surface area (Å²) in [6, 6.07) is 21.2. The normalized spacial score (nSPS) is 28.2. The number of carboxylic acids is 1. The average Bonchev–Trinajstić information content (AvgIpc) is 3.67. The van der Waals surface area contributed by atoms with Crippen LogP contribution in [0.1, 0.15) is 129 Å². The van der Waals surface area contributed by atoms with E-state index in [0.717, 1.165) is 64.3 Å². The minimum Gasteiger partial charge on any atom is -0.481 e. The predicted molar refractivity (Wildman–Crippen MR) is 267 cm³/mol. The highest BCUT2D eigenvalue weighted by Crippen LogP contribution is 2.52. The first-order valence-corrected chi connectivity index (χ1v) is 25.5. The third-order valence-corrected chi connectivity index (χ3v) is 17.7. The van der Waals surface area contributed by atoms with Gasteiger partial charge in [0.15, 0.2) is 0 Å². The Kier molecular flexibility index (Phi) is 15.0. The van der Waals surface area contributed by atoms with Gasteiger partial charge in [-0.15, -0.1) is 0 Å². The van der Waals surface area contributed by atoms with E-state index in [0.29, 0.717) is 38.4 Å². The van der Waals surface area contributed by atoms with Gasteiger partial charge in [0.25, 0.3) is 0 Å². The summed E-state index contributed by atoms with van der Waals surface area (Å²) in [7, 11) is 8.58. The molecule has 6 fully saturated rings. The molecule has 4 aliphatic carbocycles. The number of rotatable bonds is 16. The predicted octanol–water partition coefficient (Wildman–Crippen LogP) is 6.44. The average molecular weight is 955 g/mol. The van der Waals surface area contributed by atoms with Gasteiger partial charge in [-0.3, -0.25) is 24.2 Å². The number of β-amino-alcohol motifs (C(OH)–C–C–N with tert-alkyl or cyclic N) is 1. The van der Waals surface area contributed by atoms with Crippen LogP contribution in [0.4, 0.5) is 9.59 Å². The molecule has 2 aliphatic heterocycles. The lowest BCUT2D eigenvalue weighted by atomic mass is 9.67. The molecule has 2 saturated heterocycles. The van der Waals surface area contributed by atoms with Crippen molar-refractivity contribution < 1.29 is 34.2 Å². The maximum absolute atomic E-state index is 13.9. The number of aliphatic carboxylic acids is 1. The minimum atomic E-state index is -0.949. The molecule has 8 rings (SSSR count). The van der Waals surface area contributed by atoms with Crippen molar-refractivity contribution >= 4 is 29.8 Å². The smallest absolute Gasteiger partial charge is 0.320 e. The zero-order valence-corrected chi connectivity index (χ0v) is 42.9. The van der Waals surface area contributed by atoms with Crippen molar-refractivity contribution in [2.45, 2.75) is 145 Å². The first kappa shape index (κ1) is 52.1. The number of nitrogens with one attached hydrogen (secondary N) is 1. The van der Waals surface area contributed by atoms with Gasteiger partial charge in [-0.05, 0) is 156 Å². The Morgan fingerprint density at radius 2 is 1.10 bits per heavy atom. The van der Waals surface area contributed by atoms with E-state index in [4.69, 9.17) is 5.73 Å². The molecule has 2 heterocycles. The second-order valence-corrected chi connectivity index (χ2v) is 23.6. The van der Waals surface area contributed by atoms with Crippen LogP contribution >= 0.6 is 0 Å². The molecule has 15 heteroatoms. The van der Waals surface area contributed by atoms with Crippen LogP contribution < -0.4 is 11.1 Å².